The van der Waals surface area contributed by atoms with Gasteiger partial charge in [0.15, 0.2) is 0 Å². The molecule has 2 aromatic heterocycles. The van der Waals surface area contributed by atoms with E-state index in [0.29, 0.717) is 29.8 Å². The van der Waals surface area contributed by atoms with Crippen molar-refractivity contribution in [3.63, 3.8) is 0 Å². The van der Waals surface area contributed by atoms with Crippen LogP contribution in [0.15, 0.2) is 77.7 Å². The highest BCUT2D eigenvalue weighted by Crippen LogP contribution is 2.27. The summed E-state index contributed by atoms with van der Waals surface area (Å²) in [6.07, 6.45) is 5.41. The number of likely N-dealkylation sites (N-methyl/N-ethyl adjacent to an activating group) is 1. The molecule has 4 aromatic rings. The molecule has 2 heterocycles. The molecule has 2 amide bonds. The molecule has 0 radical (unpaired) electrons. The van der Waals surface area contributed by atoms with Crippen molar-refractivity contribution in [1.29, 1.82) is 0 Å². The number of carbonyl (C=O) groups is 2. The first-order valence-corrected chi connectivity index (χ1v) is 12.9. The van der Waals surface area contributed by atoms with Crippen LogP contribution in [0, 0.1) is 11.6 Å². The molecule has 0 saturated heterocycles. The summed E-state index contributed by atoms with van der Waals surface area (Å²) in [4.78, 5) is 41.9. The lowest BCUT2D eigenvalue weighted by Crippen LogP contribution is -2.37. The summed E-state index contributed by atoms with van der Waals surface area (Å²) in [5, 5.41) is 3.42. The average molecular weight is 564 g/mol. The Morgan fingerprint density at radius 2 is 1.95 bits per heavy atom. The van der Waals surface area contributed by atoms with Crippen LogP contribution in [0.2, 0.25) is 0 Å². The van der Waals surface area contributed by atoms with E-state index in [4.69, 9.17) is 10.5 Å². The summed E-state index contributed by atoms with van der Waals surface area (Å²) in [6.45, 7) is 0.0907. The molecule has 0 saturated carbocycles. The molecule has 0 spiro atoms. The second-order valence-corrected chi connectivity index (χ2v) is 9.70. The smallest absolute Gasteiger partial charge is 0.274 e. The molecule has 214 valence electrons. The van der Waals surface area contributed by atoms with Crippen LogP contribution >= 0.6 is 0 Å². The number of hydrogen-bond donors (Lipinski definition) is 3. The van der Waals surface area contributed by atoms with Crippen molar-refractivity contribution >= 4 is 28.4 Å². The molecule has 2 aromatic carbocycles. The van der Waals surface area contributed by atoms with Crippen LogP contribution in [0.25, 0.3) is 10.9 Å². The third-order valence-corrected chi connectivity index (χ3v) is 6.37. The van der Waals surface area contributed by atoms with Crippen LogP contribution in [0.1, 0.15) is 24.1 Å². The number of allylic oxidation sites excluding steroid dienone is 1. The minimum atomic E-state index is -0.863. The molecule has 1 atom stereocenters. The number of hydrogen-bond acceptors (Lipinski definition) is 5. The Hall–Kier alpha value is -4.77. The number of para-hydroxylation sites is 1. The topological polar surface area (TPSA) is 122 Å². The van der Waals surface area contributed by atoms with Crippen molar-refractivity contribution in [3.05, 3.63) is 106 Å². The van der Waals surface area contributed by atoms with Crippen LogP contribution in [-0.4, -0.2) is 46.4 Å². The monoisotopic (exact) mass is 563 g/mol. The maximum absolute atomic E-state index is 14.0. The van der Waals surface area contributed by atoms with E-state index in [1.54, 1.807) is 44.6 Å². The minimum absolute atomic E-state index is 0.0899. The maximum atomic E-state index is 14.0. The molecule has 41 heavy (non-hydrogen) atoms. The summed E-state index contributed by atoms with van der Waals surface area (Å²) in [7, 11) is 3.29. The van der Waals surface area contributed by atoms with Crippen molar-refractivity contribution < 1.29 is 23.1 Å². The van der Waals surface area contributed by atoms with E-state index in [0.717, 1.165) is 11.5 Å². The van der Waals surface area contributed by atoms with E-state index >= 15 is 0 Å². The van der Waals surface area contributed by atoms with Crippen molar-refractivity contribution in [3.8, 4) is 5.75 Å². The summed E-state index contributed by atoms with van der Waals surface area (Å²) >= 11 is 0. The van der Waals surface area contributed by atoms with E-state index in [9.17, 15) is 23.2 Å². The predicted molar refractivity (Wildman–Crippen MR) is 152 cm³/mol. The fourth-order valence-electron chi connectivity index (χ4n) is 4.09. The van der Waals surface area contributed by atoms with Crippen LogP contribution in [-0.2, 0) is 22.7 Å². The molecule has 4 N–H and O–H groups in total. The van der Waals surface area contributed by atoms with Gasteiger partial charge in [-0.1, -0.05) is 18.2 Å². The van der Waals surface area contributed by atoms with Crippen LogP contribution in [0.4, 0.5) is 14.5 Å². The molecular weight excluding hydrogens is 532 g/mol. The van der Waals surface area contributed by atoms with Gasteiger partial charge in [-0.2, -0.15) is 0 Å². The Labute approximate surface area is 235 Å². The first-order chi connectivity index (χ1) is 19.6. The lowest BCUT2D eigenvalue weighted by atomic mass is 10.1. The first kappa shape index (κ1) is 29.2. The van der Waals surface area contributed by atoms with Crippen molar-refractivity contribution in [2.45, 2.75) is 32.0 Å². The summed E-state index contributed by atoms with van der Waals surface area (Å²) in [5.41, 5.74) is 7.24. The quantitative estimate of drug-likeness (QED) is 0.239. The summed E-state index contributed by atoms with van der Waals surface area (Å²) in [6, 6.07) is 12.9. The Morgan fingerprint density at radius 3 is 2.71 bits per heavy atom. The zero-order valence-electron chi connectivity index (χ0n) is 22.7. The van der Waals surface area contributed by atoms with Gasteiger partial charge in [-0.15, -0.1) is 0 Å². The lowest BCUT2D eigenvalue weighted by molar-refractivity contribution is -0.123. The lowest BCUT2D eigenvalue weighted by Gasteiger charge is -2.12. The van der Waals surface area contributed by atoms with Gasteiger partial charge >= 0.3 is 0 Å². The Bertz CT molecular complexity index is 1640. The number of nitrogens with one attached hydrogen (secondary N) is 2. The standard InChI is InChI=1S/C30H31F2N5O4/c1-36(2)27(38)11-4-3-8-24(33)29(39)35-25-9-6-14-37(30(25)40)17-22-15-19-7-5-10-26(28(19)34-22)41-18-20-12-13-21(31)16-23(20)32/h4-7,9-16,24,34H,3,8,17-18,33H2,1-2H3,(H,35,39)/b11-4+/t24-/m0/s1. The van der Waals surface area contributed by atoms with Gasteiger partial charge in [0.25, 0.3) is 5.56 Å². The van der Waals surface area contributed by atoms with Gasteiger partial charge < -0.3 is 30.2 Å². The van der Waals surface area contributed by atoms with Gasteiger partial charge in [0.1, 0.15) is 29.7 Å². The van der Waals surface area contributed by atoms with Crippen molar-refractivity contribution in [2.75, 3.05) is 19.4 Å². The number of ether oxygens (including phenoxy) is 1. The Kier molecular flexibility index (Phi) is 9.30. The van der Waals surface area contributed by atoms with Gasteiger partial charge in [0, 0.05) is 43.0 Å². The molecule has 0 bridgehead atoms. The normalized spacial score (nSPS) is 12.0. The van der Waals surface area contributed by atoms with Gasteiger partial charge in [-0.3, -0.25) is 14.4 Å². The molecular formula is C30H31F2N5O4. The first-order valence-electron chi connectivity index (χ1n) is 12.9. The largest absolute Gasteiger partial charge is 0.487 e. The van der Waals surface area contributed by atoms with Crippen LogP contribution in [0.5, 0.6) is 5.75 Å². The zero-order chi connectivity index (χ0) is 29.5. The van der Waals surface area contributed by atoms with E-state index in [1.807, 2.05) is 12.1 Å². The zero-order valence-corrected chi connectivity index (χ0v) is 22.7. The third kappa shape index (κ3) is 7.46. The number of anilines is 1. The van der Waals surface area contributed by atoms with Gasteiger partial charge in [-0.05, 0) is 55.3 Å². The Balaban J connectivity index is 1.42. The number of rotatable bonds is 11. The van der Waals surface area contributed by atoms with E-state index in [2.05, 4.69) is 10.3 Å². The molecule has 0 aliphatic heterocycles. The Morgan fingerprint density at radius 1 is 1.15 bits per heavy atom. The molecule has 11 heteroatoms. The van der Waals surface area contributed by atoms with Gasteiger partial charge in [0.2, 0.25) is 11.8 Å². The predicted octanol–water partition coefficient (Wildman–Crippen LogP) is 3.93. The van der Waals surface area contributed by atoms with Gasteiger partial charge in [0.05, 0.1) is 18.1 Å². The van der Waals surface area contributed by atoms with E-state index in [-0.39, 0.29) is 30.3 Å². The number of carbonyl (C=O) groups excluding carboxylic acids is 2. The van der Waals surface area contributed by atoms with E-state index < -0.39 is 29.1 Å². The summed E-state index contributed by atoms with van der Waals surface area (Å²) in [5.74, 6) is -1.54. The fourth-order valence-corrected chi connectivity index (χ4v) is 4.09. The third-order valence-electron chi connectivity index (χ3n) is 6.37. The number of pyridine rings is 1. The SMILES string of the molecule is CN(C)C(=O)/C=C/CC[C@H](N)C(=O)Nc1cccn(Cc2cc3cccc(OCc4ccc(F)cc4F)c3[nH]2)c1=O. The average Bonchev–Trinajstić information content (AvgIpc) is 3.35. The number of nitrogens with zero attached hydrogens (tertiary/aromatic N) is 2. The number of amides is 2. The number of halogens is 2. The number of aromatic nitrogens is 2. The highest BCUT2D eigenvalue weighted by molar-refractivity contribution is 5.94. The van der Waals surface area contributed by atoms with Crippen LogP contribution in [0.3, 0.4) is 0 Å². The second kappa shape index (κ2) is 13.1. The summed E-state index contributed by atoms with van der Waals surface area (Å²) < 4.78 is 34.5. The highest BCUT2D eigenvalue weighted by atomic mass is 19.1. The number of H-pyrrole nitrogens is 1. The minimum Gasteiger partial charge on any atom is -0.487 e. The van der Waals surface area contributed by atoms with Crippen molar-refractivity contribution in [2.24, 2.45) is 5.73 Å². The second-order valence-electron chi connectivity index (χ2n) is 9.70. The maximum Gasteiger partial charge on any atom is 0.274 e. The molecule has 0 unspecified atom stereocenters. The van der Waals surface area contributed by atoms with Gasteiger partial charge in [-0.25, -0.2) is 8.78 Å². The molecule has 0 fully saturated rings. The molecule has 0 aliphatic rings. The number of benzene rings is 2. The molecule has 0 aliphatic carbocycles. The molecule has 4 rings (SSSR count). The number of fused-ring (bicyclic) bond motifs is 1. The van der Waals surface area contributed by atoms with Crippen LogP contribution < -0.4 is 21.3 Å². The number of aromatic amines is 1. The highest BCUT2D eigenvalue weighted by Gasteiger charge is 2.16. The van der Waals surface area contributed by atoms with Crippen molar-refractivity contribution in [1.82, 2.24) is 14.5 Å². The van der Waals surface area contributed by atoms with E-state index in [1.165, 1.54) is 33.7 Å². The molecule has 9 nitrogen and oxygen atoms in total. The number of nitrogens with two attached hydrogens (primary N) is 1. The fraction of sp³-hybridized carbons (Fsp3) is 0.233.